The van der Waals surface area contributed by atoms with Crippen molar-refractivity contribution in [2.75, 3.05) is 37.4 Å². The lowest BCUT2D eigenvalue weighted by molar-refractivity contribution is -0.123. The van der Waals surface area contributed by atoms with Crippen molar-refractivity contribution in [3.63, 3.8) is 0 Å². The average Bonchev–Trinajstić information content (AvgIpc) is 2.64. The minimum atomic E-state index is -3.32. The molecule has 0 aromatic heterocycles. The van der Waals surface area contributed by atoms with Crippen LogP contribution < -0.4 is 19.1 Å². The van der Waals surface area contributed by atoms with Gasteiger partial charge in [0.25, 0.3) is 5.91 Å². The number of aryl methyl sites for hydroxylation is 2. The molecule has 152 valence electrons. The van der Waals surface area contributed by atoms with Crippen molar-refractivity contribution in [1.82, 2.24) is 5.32 Å². The van der Waals surface area contributed by atoms with Crippen LogP contribution in [0, 0.1) is 13.8 Å². The first-order valence-electron chi connectivity index (χ1n) is 8.80. The number of hydrogen-bond acceptors (Lipinski definition) is 5. The number of nitrogens with zero attached hydrogens (tertiary/aromatic N) is 1. The van der Waals surface area contributed by atoms with Gasteiger partial charge < -0.3 is 14.8 Å². The maximum atomic E-state index is 11.9. The fraction of sp³-hybridized carbons (Fsp3) is 0.350. The maximum Gasteiger partial charge on any atom is 0.258 e. The van der Waals surface area contributed by atoms with E-state index in [2.05, 4.69) is 5.32 Å². The third-order valence-electron chi connectivity index (χ3n) is 4.08. The first-order valence-corrected chi connectivity index (χ1v) is 10.6. The van der Waals surface area contributed by atoms with Crippen LogP contribution in [0.5, 0.6) is 11.5 Å². The molecule has 1 amide bonds. The van der Waals surface area contributed by atoms with E-state index < -0.39 is 10.0 Å². The lowest BCUT2D eigenvalue weighted by Gasteiger charge is -2.16. The zero-order valence-electron chi connectivity index (χ0n) is 16.6. The Kier molecular flexibility index (Phi) is 7.28. The molecule has 28 heavy (non-hydrogen) atoms. The number of benzene rings is 2. The minimum absolute atomic E-state index is 0.134. The van der Waals surface area contributed by atoms with E-state index in [0.29, 0.717) is 24.6 Å². The molecule has 0 unspecified atom stereocenters. The van der Waals surface area contributed by atoms with Crippen molar-refractivity contribution in [2.45, 2.75) is 13.8 Å². The second-order valence-corrected chi connectivity index (χ2v) is 8.49. The van der Waals surface area contributed by atoms with E-state index in [1.807, 2.05) is 32.0 Å². The summed E-state index contributed by atoms with van der Waals surface area (Å²) in [6.45, 7) is 4.60. The van der Waals surface area contributed by atoms with Gasteiger partial charge in [0, 0.05) is 7.05 Å². The molecule has 0 bridgehead atoms. The van der Waals surface area contributed by atoms with Gasteiger partial charge in [-0.1, -0.05) is 17.7 Å². The standard InChI is InChI=1S/C20H26N2O5S/c1-15-5-10-19(16(2)13-15)26-12-11-21-20(23)14-27-18-8-6-17(7-9-18)22(3)28(4,24)25/h5-10,13H,11-12,14H2,1-4H3,(H,21,23). The summed E-state index contributed by atoms with van der Waals surface area (Å²) in [6.07, 6.45) is 1.13. The van der Waals surface area contributed by atoms with E-state index in [1.165, 1.54) is 16.9 Å². The van der Waals surface area contributed by atoms with E-state index >= 15 is 0 Å². The topological polar surface area (TPSA) is 84.9 Å². The summed E-state index contributed by atoms with van der Waals surface area (Å²) in [6, 6.07) is 12.4. The molecule has 0 spiro atoms. The Morgan fingerprint density at radius 3 is 2.36 bits per heavy atom. The highest BCUT2D eigenvalue weighted by Gasteiger charge is 2.11. The molecule has 0 saturated heterocycles. The highest BCUT2D eigenvalue weighted by atomic mass is 32.2. The summed E-state index contributed by atoms with van der Waals surface area (Å²) < 4.78 is 35.3. The number of carbonyl (C=O) groups is 1. The quantitative estimate of drug-likeness (QED) is 0.646. The summed E-state index contributed by atoms with van der Waals surface area (Å²) in [5, 5.41) is 2.73. The van der Waals surface area contributed by atoms with Crippen LogP contribution in [0.1, 0.15) is 11.1 Å². The van der Waals surface area contributed by atoms with Crippen LogP contribution in [0.3, 0.4) is 0 Å². The van der Waals surface area contributed by atoms with Gasteiger partial charge in [0.1, 0.15) is 18.1 Å². The molecule has 1 N–H and O–H groups in total. The van der Waals surface area contributed by atoms with Crippen molar-refractivity contribution in [3.05, 3.63) is 53.6 Å². The van der Waals surface area contributed by atoms with E-state index in [-0.39, 0.29) is 12.5 Å². The maximum absolute atomic E-state index is 11.9. The zero-order chi connectivity index (χ0) is 20.7. The smallest absolute Gasteiger partial charge is 0.258 e. The Morgan fingerprint density at radius 1 is 1.07 bits per heavy atom. The molecule has 2 aromatic carbocycles. The molecule has 0 aliphatic carbocycles. The Bertz CT molecular complexity index is 911. The van der Waals surface area contributed by atoms with Gasteiger partial charge in [-0.05, 0) is 49.7 Å². The molecule has 2 rings (SSSR count). The Hall–Kier alpha value is -2.74. The zero-order valence-corrected chi connectivity index (χ0v) is 17.4. The van der Waals surface area contributed by atoms with E-state index in [4.69, 9.17) is 9.47 Å². The van der Waals surface area contributed by atoms with Crippen molar-refractivity contribution in [1.29, 1.82) is 0 Å². The first-order chi connectivity index (χ1) is 13.2. The largest absolute Gasteiger partial charge is 0.491 e. The molecule has 8 heteroatoms. The summed E-state index contributed by atoms with van der Waals surface area (Å²) in [5.41, 5.74) is 2.74. The number of nitrogens with one attached hydrogen (secondary N) is 1. The predicted molar refractivity (Wildman–Crippen MR) is 110 cm³/mol. The van der Waals surface area contributed by atoms with Gasteiger partial charge in [-0.25, -0.2) is 8.42 Å². The van der Waals surface area contributed by atoms with Crippen LogP contribution in [-0.2, 0) is 14.8 Å². The molecular formula is C20H26N2O5S. The van der Waals surface area contributed by atoms with Crippen LogP contribution in [0.2, 0.25) is 0 Å². The van der Waals surface area contributed by atoms with Crippen molar-refractivity contribution < 1.29 is 22.7 Å². The number of rotatable bonds is 9. The van der Waals surface area contributed by atoms with Gasteiger partial charge in [-0.3, -0.25) is 9.10 Å². The van der Waals surface area contributed by atoms with Crippen LogP contribution in [0.15, 0.2) is 42.5 Å². The number of anilines is 1. The van der Waals surface area contributed by atoms with E-state index in [0.717, 1.165) is 17.6 Å². The highest BCUT2D eigenvalue weighted by molar-refractivity contribution is 7.92. The molecule has 0 aliphatic heterocycles. The minimum Gasteiger partial charge on any atom is -0.491 e. The lowest BCUT2D eigenvalue weighted by Crippen LogP contribution is -2.32. The van der Waals surface area contributed by atoms with Gasteiger partial charge in [-0.15, -0.1) is 0 Å². The molecule has 0 atom stereocenters. The number of sulfonamides is 1. The number of hydrogen-bond donors (Lipinski definition) is 1. The normalized spacial score (nSPS) is 11.0. The molecule has 0 radical (unpaired) electrons. The Morgan fingerprint density at radius 2 is 1.75 bits per heavy atom. The average molecular weight is 407 g/mol. The summed E-state index contributed by atoms with van der Waals surface area (Å²) in [5.74, 6) is 1.02. The molecular weight excluding hydrogens is 380 g/mol. The highest BCUT2D eigenvalue weighted by Crippen LogP contribution is 2.20. The third-order valence-corrected chi connectivity index (χ3v) is 5.29. The molecule has 2 aromatic rings. The van der Waals surface area contributed by atoms with Crippen LogP contribution in [-0.4, -0.2) is 47.4 Å². The van der Waals surface area contributed by atoms with Crippen LogP contribution in [0.4, 0.5) is 5.69 Å². The van der Waals surface area contributed by atoms with Crippen molar-refractivity contribution in [3.8, 4) is 11.5 Å². The van der Waals surface area contributed by atoms with Crippen LogP contribution in [0.25, 0.3) is 0 Å². The van der Waals surface area contributed by atoms with Crippen molar-refractivity contribution >= 4 is 21.6 Å². The third kappa shape index (κ3) is 6.45. The monoisotopic (exact) mass is 406 g/mol. The number of ether oxygens (including phenoxy) is 2. The molecule has 0 heterocycles. The Balaban J connectivity index is 1.72. The molecule has 7 nitrogen and oxygen atoms in total. The van der Waals surface area contributed by atoms with E-state index in [1.54, 1.807) is 24.3 Å². The van der Waals surface area contributed by atoms with Crippen molar-refractivity contribution in [2.24, 2.45) is 0 Å². The van der Waals surface area contributed by atoms with Gasteiger partial charge in [0.2, 0.25) is 10.0 Å². The van der Waals surface area contributed by atoms with Gasteiger partial charge in [-0.2, -0.15) is 0 Å². The van der Waals surface area contributed by atoms with E-state index in [9.17, 15) is 13.2 Å². The second-order valence-electron chi connectivity index (χ2n) is 6.48. The molecule has 0 fully saturated rings. The summed E-state index contributed by atoms with van der Waals surface area (Å²) in [7, 11) is -1.84. The summed E-state index contributed by atoms with van der Waals surface area (Å²) in [4.78, 5) is 11.9. The van der Waals surface area contributed by atoms with Gasteiger partial charge in [0.05, 0.1) is 18.5 Å². The SMILES string of the molecule is Cc1ccc(OCCNC(=O)COc2ccc(N(C)S(C)(=O)=O)cc2)c(C)c1. The van der Waals surface area contributed by atoms with Gasteiger partial charge in [0.15, 0.2) is 6.61 Å². The van der Waals surface area contributed by atoms with Gasteiger partial charge >= 0.3 is 0 Å². The molecule has 0 aliphatic rings. The summed E-state index contributed by atoms with van der Waals surface area (Å²) >= 11 is 0. The number of amides is 1. The Labute approximate surface area is 166 Å². The van der Waals surface area contributed by atoms with Crippen LogP contribution >= 0.6 is 0 Å². The first kappa shape index (κ1) is 21.6. The predicted octanol–water partition coefficient (Wildman–Crippen LogP) is 2.27. The fourth-order valence-electron chi connectivity index (χ4n) is 2.46. The number of carbonyl (C=O) groups excluding carboxylic acids is 1. The lowest BCUT2D eigenvalue weighted by atomic mass is 10.1. The second kappa shape index (κ2) is 9.45. The fourth-order valence-corrected chi connectivity index (χ4v) is 2.96. The molecule has 0 saturated carbocycles.